The van der Waals surface area contributed by atoms with Gasteiger partial charge in [-0.3, -0.25) is 9.30 Å². The first-order valence-corrected chi connectivity index (χ1v) is 12.3. The third-order valence-corrected chi connectivity index (χ3v) is 7.25. The van der Waals surface area contributed by atoms with Crippen LogP contribution in [0.25, 0.3) is 0 Å². The number of sulfonamides is 1. The van der Waals surface area contributed by atoms with Gasteiger partial charge in [0.05, 0.1) is 37.8 Å². The lowest BCUT2D eigenvalue weighted by atomic mass is 10.1. The Balaban J connectivity index is 0.00000341. The number of halogens is 1. The molecule has 31 heavy (non-hydrogen) atoms. The summed E-state index contributed by atoms with van der Waals surface area (Å²) in [6, 6.07) is 7.71. The van der Waals surface area contributed by atoms with Crippen molar-refractivity contribution in [2.75, 3.05) is 69.7 Å². The molecule has 0 saturated carbocycles. The topological polar surface area (TPSA) is 83.5 Å². The molecule has 1 unspecified atom stereocenters. The quantitative estimate of drug-likeness (QED) is 0.202. The van der Waals surface area contributed by atoms with E-state index in [0.29, 0.717) is 32.3 Å². The highest BCUT2D eigenvalue weighted by Crippen LogP contribution is 2.29. The van der Waals surface area contributed by atoms with Crippen LogP contribution in [0, 0.1) is 5.92 Å². The number of benzene rings is 1. The van der Waals surface area contributed by atoms with Crippen LogP contribution < -0.4 is 9.62 Å². The Kier molecular flexibility index (Phi) is 10.8. The molecule has 0 aliphatic carbocycles. The SMILES string of the molecule is CCNC(=NCCS(=O)(=O)N1CCc2ccccc21)N1CCC(COCCOC)C1.I. The van der Waals surface area contributed by atoms with E-state index in [4.69, 9.17) is 9.47 Å². The molecule has 10 heteroatoms. The zero-order valence-corrected chi connectivity index (χ0v) is 21.6. The van der Waals surface area contributed by atoms with Gasteiger partial charge in [-0.2, -0.15) is 0 Å². The number of ether oxygens (including phenoxy) is 2. The van der Waals surface area contributed by atoms with Gasteiger partial charge in [0.15, 0.2) is 5.96 Å². The van der Waals surface area contributed by atoms with Gasteiger partial charge < -0.3 is 19.7 Å². The Labute approximate surface area is 203 Å². The van der Waals surface area contributed by atoms with E-state index < -0.39 is 10.0 Å². The lowest BCUT2D eigenvalue weighted by Crippen LogP contribution is -2.41. The number of hydrogen-bond donors (Lipinski definition) is 1. The molecule has 8 nitrogen and oxygen atoms in total. The van der Waals surface area contributed by atoms with Crippen LogP contribution in [0.5, 0.6) is 0 Å². The Hall–Kier alpha value is -1.11. The second kappa shape index (κ2) is 12.8. The minimum atomic E-state index is -3.39. The number of rotatable bonds is 10. The molecule has 1 aromatic rings. The molecule has 2 heterocycles. The lowest BCUT2D eigenvalue weighted by molar-refractivity contribution is 0.0536. The molecule has 2 aliphatic heterocycles. The van der Waals surface area contributed by atoms with Gasteiger partial charge in [0.2, 0.25) is 10.0 Å². The average Bonchev–Trinajstić information content (AvgIpc) is 3.38. The van der Waals surface area contributed by atoms with Crippen molar-refractivity contribution in [3.05, 3.63) is 29.8 Å². The fraction of sp³-hybridized carbons (Fsp3) is 0.667. The van der Waals surface area contributed by atoms with Gasteiger partial charge >= 0.3 is 0 Å². The number of anilines is 1. The number of methoxy groups -OCH3 is 1. The summed E-state index contributed by atoms with van der Waals surface area (Å²) in [5.74, 6) is 1.25. The minimum absolute atomic E-state index is 0. The second-order valence-corrected chi connectivity index (χ2v) is 9.68. The van der Waals surface area contributed by atoms with Crippen LogP contribution in [0.4, 0.5) is 5.69 Å². The summed E-state index contributed by atoms with van der Waals surface area (Å²) in [5.41, 5.74) is 1.90. The Morgan fingerprint density at radius 1 is 1.26 bits per heavy atom. The van der Waals surface area contributed by atoms with Crippen LogP contribution >= 0.6 is 24.0 Å². The van der Waals surface area contributed by atoms with Crippen molar-refractivity contribution in [1.29, 1.82) is 0 Å². The van der Waals surface area contributed by atoms with Crippen LogP contribution in [-0.4, -0.2) is 84.7 Å². The maximum atomic E-state index is 12.9. The van der Waals surface area contributed by atoms with Gasteiger partial charge in [-0.25, -0.2) is 8.42 Å². The van der Waals surface area contributed by atoms with Crippen molar-refractivity contribution in [3.63, 3.8) is 0 Å². The molecule has 1 fully saturated rings. The predicted molar refractivity (Wildman–Crippen MR) is 135 cm³/mol. The average molecular weight is 567 g/mol. The molecule has 0 bridgehead atoms. The number of hydrogen-bond acceptors (Lipinski definition) is 5. The van der Waals surface area contributed by atoms with Gasteiger partial charge in [0, 0.05) is 39.2 Å². The number of fused-ring (bicyclic) bond motifs is 1. The summed E-state index contributed by atoms with van der Waals surface area (Å²) < 4.78 is 38.0. The number of guanidine groups is 1. The van der Waals surface area contributed by atoms with Crippen molar-refractivity contribution >= 4 is 45.6 Å². The van der Waals surface area contributed by atoms with Crippen molar-refractivity contribution in [2.24, 2.45) is 10.9 Å². The molecule has 1 N–H and O–H groups in total. The molecular formula is C21H35IN4O4S. The fourth-order valence-corrected chi connectivity index (χ4v) is 5.34. The number of aliphatic imine (C=N–C) groups is 1. The second-order valence-electron chi connectivity index (χ2n) is 7.67. The largest absolute Gasteiger partial charge is 0.382 e. The normalized spacial score (nSPS) is 18.8. The minimum Gasteiger partial charge on any atom is -0.382 e. The fourth-order valence-electron chi connectivity index (χ4n) is 3.95. The summed E-state index contributed by atoms with van der Waals surface area (Å²) in [6.07, 6.45) is 1.81. The number of nitrogens with one attached hydrogen (secondary N) is 1. The molecule has 1 aromatic carbocycles. The smallest absolute Gasteiger partial charge is 0.237 e. The van der Waals surface area contributed by atoms with Crippen LogP contribution in [0.2, 0.25) is 0 Å². The summed E-state index contributed by atoms with van der Waals surface area (Å²) in [6.45, 7) is 7.22. The standard InChI is InChI=1S/C21H34N4O4S.HI/c1-3-22-21(24-11-8-18(16-24)17-29-14-13-28-2)23-10-15-30(26,27)25-12-9-19-6-4-5-7-20(19)25;/h4-7,18H,3,8-17H2,1-2H3,(H,22,23);1H. The van der Waals surface area contributed by atoms with Crippen molar-refractivity contribution < 1.29 is 17.9 Å². The van der Waals surface area contributed by atoms with Gasteiger partial charge in [-0.15, -0.1) is 24.0 Å². The zero-order chi connectivity index (χ0) is 21.4. The van der Waals surface area contributed by atoms with Gasteiger partial charge in [-0.05, 0) is 31.4 Å². The van der Waals surface area contributed by atoms with Crippen molar-refractivity contribution in [2.45, 2.75) is 19.8 Å². The Morgan fingerprint density at radius 3 is 2.84 bits per heavy atom. The molecule has 1 atom stereocenters. The highest BCUT2D eigenvalue weighted by atomic mass is 127. The number of nitrogens with zero attached hydrogens (tertiary/aromatic N) is 3. The molecule has 3 rings (SSSR count). The highest BCUT2D eigenvalue weighted by Gasteiger charge is 2.29. The molecule has 2 aliphatic rings. The molecular weight excluding hydrogens is 531 g/mol. The zero-order valence-electron chi connectivity index (χ0n) is 18.5. The number of likely N-dealkylation sites (tertiary alicyclic amines) is 1. The first-order chi connectivity index (χ1) is 14.5. The summed E-state index contributed by atoms with van der Waals surface area (Å²) >= 11 is 0. The van der Waals surface area contributed by atoms with Crippen LogP contribution in [-0.2, 0) is 25.9 Å². The van der Waals surface area contributed by atoms with Gasteiger partial charge in [0.25, 0.3) is 0 Å². The van der Waals surface area contributed by atoms with E-state index >= 15 is 0 Å². The van der Waals surface area contributed by atoms with Crippen LogP contribution in [0.3, 0.4) is 0 Å². The van der Waals surface area contributed by atoms with E-state index in [1.165, 1.54) is 4.31 Å². The van der Waals surface area contributed by atoms with E-state index in [-0.39, 0.29) is 36.3 Å². The lowest BCUT2D eigenvalue weighted by Gasteiger charge is -2.22. The van der Waals surface area contributed by atoms with E-state index in [2.05, 4.69) is 15.2 Å². The van der Waals surface area contributed by atoms with Gasteiger partial charge in [0.1, 0.15) is 0 Å². The first-order valence-electron chi connectivity index (χ1n) is 10.7. The monoisotopic (exact) mass is 566 g/mol. The highest BCUT2D eigenvalue weighted by molar-refractivity contribution is 14.0. The van der Waals surface area contributed by atoms with Crippen molar-refractivity contribution in [1.82, 2.24) is 10.2 Å². The van der Waals surface area contributed by atoms with E-state index in [9.17, 15) is 8.42 Å². The Bertz CT molecular complexity index is 821. The Morgan fingerprint density at radius 2 is 2.06 bits per heavy atom. The molecule has 176 valence electrons. The summed E-state index contributed by atoms with van der Waals surface area (Å²) in [5, 5.41) is 3.30. The molecule has 1 saturated heterocycles. The van der Waals surface area contributed by atoms with Crippen LogP contribution in [0.1, 0.15) is 18.9 Å². The predicted octanol–water partition coefficient (Wildman–Crippen LogP) is 1.95. The molecule has 0 amide bonds. The third kappa shape index (κ3) is 7.19. The first kappa shape index (κ1) is 26.1. The maximum absolute atomic E-state index is 12.9. The summed E-state index contributed by atoms with van der Waals surface area (Å²) in [7, 11) is -1.72. The van der Waals surface area contributed by atoms with E-state index in [1.54, 1.807) is 7.11 Å². The molecule has 0 radical (unpaired) electrons. The summed E-state index contributed by atoms with van der Waals surface area (Å²) in [4.78, 5) is 6.82. The van der Waals surface area contributed by atoms with E-state index in [0.717, 1.165) is 49.7 Å². The van der Waals surface area contributed by atoms with E-state index in [1.807, 2.05) is 31.2 Å². The molecule has 0 spiro atoms. The van der Waals surface area contributed by atoms with Crippen LogP contribution in [0.15, 0.2) is 29.3 Å². The van der Waals surface area contributed by atoms with Crippen molar-refractivity contribution in [3.8, 4) is 0 Å². The van der Waals surface area contributed by atoms with Gasteiger partial charge in [-0.1, -0.05) is 18.2 Å². The third-order valence-electron chi connectivity index (χ3n) is 5.50. The molecule has 0 aromatic heterocycles. The number of para-hydroxylation sites is 1. The maximum Gasteiger partial charge on any atom is 0.237 e.